The van der Waals surface area contributed by atoms with Crippen LogP contribution in [0.25, 0.3) is 0 Å². The number of nitrogens with two attached hydrogens (primary N) is 2. The molecule has 0 aromatic carbocycles. The van der Waals surface area contributed by atoms with Gasteiger partial charge in [-0.15, -0.1) is 0 Å². The summed E-state index contributed by atoms with van der Waals surface area (Å²) in [4.78, 5) is 11.0. The first-order chi connectivity index (χ1) is 14.2. The average molecular weight is 421 g/mol. The number of hydrogen-bond donors (Lipinski definition) is 4. The zero-order chi connectivity index (χ0) is 21.6. The smallest absolute Gasteiger partial charge is 0.332 e. The quantitative estimate of drug-likeness (QED) is 0.403. The number of nitrogens with one attached hydrogen (secondary N) is 1. The number of hydrazone groups is 1. The van der Waals surface area contributed by atoms with Gasteiger partial charge in [0.2, 0.25) is 0 Å². The highest BCUT2D eigenvalue weighted by Gasteiger charge is 2.66. The fourth-order valence-electron chi connectivity index (χ4n) is 8.04. The molecule has 8 atom stereocenters. The molecular weight excluding hydrogens is 380 g/mol. The summed E-state index contributed by atoms with van der Waals surface area (Å²) in [7, 11) is 0. The highest BCUT2D eigenvalue weighted by molar-refractivity contribution is 5.73. The van der Waals surface area contributed by atoms with Crippen molar-refractivity contribution in [2.75, 3.05) is 13.2 Å². The number of aliphatic hydroxyl groups is 1. The number of amides is 2. The van der Waals surface area contributed by atoms with E-state index in [2.05, 4.69) is 24.4 Å². The lowest BCUT2D eigenvalue weighted by Crippen LogP contribution is -2.62. The van der Waals surface area contributed by atoms with Gasteiger partial charge in [0.1, 0.15) is 0 Å². The Morgan fingerprint density at radius 3 is 2.70 bits per heavy atom. The van der Waals surface area contributed by atoms with Crippen molar-refractivity contribution in [3.8, 4) is 0 Å². The number of hydrogen-bond acceptors (Lipinski definition) is 5. The first-order valence-electron chi connectivity index (χ1n) is 11.9. The van der Waals surface area contributed by atoms with Crippen LogP contribution in [0.15, 0.2) is 5.10 Å². The van der Waals surface area contributed by atoms with E-state index in [0.29, 0.717) is 42.4 Å². The van der Waals surface area contributed by atoms with Gasteiger partial charge in [-0.25, -0.2) is 10.2 Å². The summed E-state index contributed by atoms with van der Waals surface area (Å²) in [5.74, 6) is 1.77. The summed E-state index contributed by atoms with van der Waals surface area (Å²) < 4.78 is 6.01. The summed E-state index contributed by atoms with van der Waals surface area (Å²) in [5, 5.41) is 16.2. The molecule has 0 spiro atoms. The number of carbonyl (C=O) groups excluding carboxylic acids is 1. The molecule has 4 saturated carbocycles. The van der Waals surface area contributed by atoms with Crippen molar-refractivity contribution in [2.24, 2.45) is 51.1 Å². The van der Waals surface area contributed by atoms with Crippen LogP contribution in [0.3, 0.4) is 0 Å². The van der Waals surface area contributed by atoms with Gasteiger partial charge < -0.3 is 21.3 Å². The van der Waals surface area contributed by atoms with Crippen molar-refractivity contribution in [1.82, 2.24) is 5.43 Å². The number of urea groups is 1. The fourth-order valence-corrected chi connectivity index (χ4v) is 8.04. The maximum absolute atomic E-state index is 12.1. The number of rotatable bonds is 5. The molecule has 0 unspecified atom stereocenters. The Hall–Kier alpha value is -1.18. The Labute approximate surface area is 180 Å². The van der Waals surface area contributed by atoms with Crippen molar-refractivity contribution >= 4 is 12.2 Å². The molecule has 30 heavy (non-hydrogen) atoms. The summed E-state index contributed by atoms with van der Waals surface area (Å²) in [6, 6.07) is -0.648. The van der Waals surface area contributed by atoms with Crippen LogP contribution in [-0.2, 0) is 4.74 Å². The Kier molecular flexibility index (Phi) is 5.92. The maximum atomic E-state index is 12.1. The topological polar surface area (TPSA) is 123 Å². The zero-order valence-corrected chi connectivity index (χ0v) is 18.6. The lowest BCUT2D eigenvalue weighted by atomic mass is 9.43. The van der Waals surface area contributed by atoms with Crippen LogP contribution >= 0.6 is 0 Å². The van der Waals surface area contributed by atoms with Gasteiger partial charge in [0.15, 0.2) is 0 Å². The third kappa shape index (κ3) is 3.37. The molecule has 0 heterocycles. The first kappa shape index (κ1) is 22.0. The molecule has 0 saturated heterocycles. The highest BCUT2D eigenvalue weighted by atomic mass is 16.5. The van der Waals surface area contributed by atoms with Gasteiger partial charge in [0, 0.05) is 24.1 Å². The van der Waals surface area contributed by atoms with Crippen LogP contribution in [0.5, 0.6) is 0 Å². The molecule has 4 fully saturated rings. The van der Waals surface area contributed by atoms with E-state index in [1.165, 1.54) is 19.3 Å². The normalized spacial score (nSPS) is 48.1. The van der Waals surface area contributed by atoms with Gasteiger partial charge >= 0.3 is 6.03 Å². The minimum absolute atomic E-state index is 0.168. The van der Waals surface area contributed by atoms with Crippen molar-refractivity contribution < 1.29 is 14.6 Å². The molecule has 0 aromatic heterocycles. The number of nitrogens with zero attached hydrogens (tertiary/aromatic N) is 1. The van der Waals surface area contributed by atoms with Crippen LogP contribution in [0, 0.1) is 34.5 Å². The van der Waals surface area contributed by atoms with Crippen molar-refractivity contribution in [3.63, 3.8) is 0 Å². The van der Waals surface area contributed by atoms with Crippen LogP contribution in [0.4, 0.5) is 4.79 Å². The lowest BCUT2D eigenvalue weighted by Gasteiger charge is -2.63. The molecule has 6 N–H and O–H groups in total. The number of primary amides is 1. The van der Waals surface area contributed by atoms with Gasteiger partial charge in [0.25, 0.3) is 0 Å². The summed E-state index contributed by atoms with van der Waals surface area (Å²) in [6.07, 6.45) is 11.8. The van der Waals surface area contributed by atoms with Gasteiger partial charge in [-0.05, 0) is 81.0 Å². The Morgan fingerprint density at radius 2 is 1.97 bits per heavy atom. The second kappa shape index (κ2) is 8.06. The molecular formula is C23H40N4O3. The summed E-state index contributed by atoms with van der Waals surface area (Å²) in [5.41, 5.74) is 12.5. The molecule has 4 rings (SSSR count). The second-order valence-electron chi connectivity index (χ2n) is 10.8. The van der Waals surface area contributed by atoms with Gasteiger partial charge in [-0.1, -0.05) is 13.8 Å². The van der Waals surface area contributed by atoms with Crippen molar-refractivity contribution in [2.45, 2.75) is 83.3 Å². The third-order valence-electron chi connectivity index (χ3n) is 9.78. The monoisotopic (exact) mass is 420 g/mol. The minimum atomic E-state index is -0.653. The number of ether oxygens (including phenoxy) is 1. The van der Waals surface area contributed by atoms with Crippen LogP contribution < -0.4 is 16.9 Å². The molecule has 7 heteroatoms. The Morgan fingerprint density at radius 1 is 1.17 bits per heavy atom. The van der Waals surface area contributed by atoms with E-state index in [9.17, 15) is 9.90 Å². The summed E-state index contributed by atoms with van der Waals surface area (Å²) >= 11 is 0. The first-order valence-corrected chi connectivity index (χ1v) is 11.9. The van der Waals surface area contributed by atoms with Crippen LogP contribution in [-0.4, -0.2) is 42.2 Å². The largest absolute Gasteiger partial charge is 0.389 e. The average Bonchev–Trinajstić information content (AvgIpc) is 2.97. The van der Waals surface area contributed by atoms with Crippen LogP contribution in [0.2, 0.25) is 0 Å². The van der Waals surface area contributed by atoms with E-state index >= 15 is 0 Å². The number of fused-ring (bicyclic) bond motifs is 5. The van der Waals surface area contributed by atoms with Crippen molar-refractivity contribution in [3.05, 3.63) is 0 Å². The van der Waals surface area contributed by atoms with E-state index in [-0.39, 0.29) is 11.3 Å². The highest BCUT2D eigenvalue weighted by Crippen LogP contribution is 2.68. The standard InChI is InChI=1S/C23H40N4O3/c1-21-8-6-17(30-12-11-24)13-15(21)3-4-19-18(21)7-9-22(2)16(5-10-23(19,22)29)14-26-27-20(25)28/h14-19,29H,3-13,24H2,1-2H3,(H3,25,27,28)/b26-14+/t15-,16-,17+,18+,19-,21+,22-,23+/m1/s1. The van der Waals surface area contributed by atoms with E-state index in [1.807, 2.05) is 6.21 Å². The van der Waals surface area contributed by atoms with E-state index in [0.717, 1.165) is 38.5 Å². The van der Waals surface area contributed by atoms with Gasteiger partial charge in [-0.2, -0.15) is 5.10 Å². The second-order valence-corrected chi connectivity index (χ2v) is 10.8. The predicted molar refractivity (Wildman–Crippen MR) is 117 cm³/mol. The third-order valence-corrected chi connectivity index (χ3v) is 9.78. The predicted octanol–water partition coefficient (Wildman–Crippen LogP) is 2.76. The number of carbonyl (C=O) groups is 1. The SMILES string of the molecule is C[C@]12CC[C@H](OCCN)C[C@H]1CC[C@@H]1[C@@H]2CC[C@]2(C)[C@@H](/C=N/NC(N)=O)CC[C@]12O. The summed E-state index contributed by atoms with van der Waals surface area (Å²) in [6.45, 7) is 5.98. The van der Waals surface area contributed by atoms with E-state index < -0.39 is 11.6 Å². The molecule has 2 amide bonds. The molecule has 7 nitrogen and oxygen atoms in total. The molecule has 0 bridgehead atoms. The Balaban J connectivity index is 1.51. The maximum Gasteiger partial charge on any atom is 0.332 e. The minimum Gasteiger partial charge on any atom is -0.389 e. The van der Waals surface area contributed by atoms with Crippen LogP contribution in [0.1, 0.15) is 71.6 Å². The fraction of sp³-hybridized carbons (Fsp3) is 0.913. The van der Waals surface area contributed by atoms with Crippen molar-refractivity contribution in [1.29, 1.82) is 0 Å². The van der Waals surface area contributed by atoms with E-state index in [4.69, 9.17) is 16.2 Å². The van der Waals surface area contributed by atoms with Gasteiger partial charge in [0.05, 0.1) is 18.3 Å². The molecule has 4 aliphatic carbocycles. The lowest BCUT2D eigenvalue weighted by molar-refractivity contribution is -0.207. The molecule has 0 radical (unpaired) electrons. The molecule has 0 aromatic rings. The molecule has 0 aliphatic heterocycles. The van der Waals surface area contributed by atoms with E-state index in [1.54, 1.807) is 0 Å². The molecule has 4 aliphatic rings. The molecule has 170 valence electrons. The van der Waals surface area contributed by atoms with Gasteiger partial charge in [-0.3, -0.25) is 0 Å². The zero-order valence-electron chi connectivity index (χ0n) is 18.6. The Bertz CT molecular complexity index is 687.